The number of thiophene rings is 1. The van der Waals surface area contributed by atoms with Crippen LogP contribution >= 0.6 is 11.3 Å². The van der Waals surface area contributed by atoms with Crippen molar-refractivity contribution in [3.05, 3.63) is 29.1 Å². The normalized spacial score (nSPS) is 10.7. The Labute approximate surface area is 80.6 Å². The van der Waals surface area contributed by atoms with Gasteiger partial charge in [-0.1, -0.05) is 12.1 Å². The molecule has 2 nitrogen and oxygen atoms in total. The predicted octanol–water partition coefficient (Wildman–Crippen LogP) is 0.890. The molecule has 0 aliphatic rings. The Morgan fingerprint density at radius 3 is 2.69 bits per heavy atom. The largest absolute Gasteiger partial charge is 0.488 e. The summed E-state index contributed by atoms with van der Waals surface area (Å²) in [6, 6.07) is 7.51. The molecule has 0 unspecified atom stereocenters. The van der Waals surface area contributed by atoms with E-state index in [1.807, 2.05) is 25.1 Å². The Bertz CT molecular complexity index is 436. The highest BCUT2D eigenvalue weighted by atomic mass is 32.1. The van der Waals surface area contributed by atoms with Crippen LogP contribution in [0.5, 0.6) is 0 Å². The smallest absolute Gasteiger partial charge is 0.423 e. The number of aryl methyl sites for hydroxylation is 1. The van der Waals surface area contributed by atoms with Gasteiger partial charge in [-0.3, -0.25) is 0 Å². The molecule has 66 valence electrons. The lowest BCUT2D eigenvalue weighted by Gasteiger charge is -1.97. The second-order valence-electron chi connectivity index (χ2n) is 3.03. The van der Waals surface area contributed by atoms with Crippen LogP contribution in [0.1, 0.15) is 4.88 Å². The zero-order valence-corrected chi connectivity index (χ0v) is 8.01. The summed E-state index contributed by atoms with van der Waals surface area (Å²) in [5.74, 6) is 0. The van der Waals surface area contributed by atoms with E-state index in [2.05, 4.69) is 0 Å². The van der Waals surface area contributed by atoms with Gasteiger partial charge in [0.2, 0.25) is 0 Å². The van der Waals surface area contributed by atoms with E-state index in [0.29, 0.717) is 5.46 Å². The van der Waals surface area contributed by atoms with Crippen molar-refractivity contribution in [3.63, 3.8) is 0 Å². The van der Waals surface area contributed by atoms with Gasteiger partial charge in [0.25, 0.3) is 0 Å². The van der Waals surface area contributed by atoms with Gasteiger partial charge in [0.05, 0.1) is 0 Å². The summed E-state index contributed by atoms with van der Waals surface area (Å²) in [4.78, 5) is 1.24. The van der Waals surface area contributed by atoms with Crippen molar-refractivity contribution in [1.29, 1.82) is 0 Å². The summed E-state index contributed by atoms with van der Waals surface area (Å²) in [6.45, 7) is 2.04. The summed E-state index contributed by atoms with van der Waals surface area (Å²) in [7, 11) is -1.37. The third-order valence-corrected chi connectivity index (χ3v) is 2.99. The second kappa shape index (κ2) is 3.14. The van der Waals surface area contributed by atoms with E-state index in [9.17, 15) is 0 Å². The zero-order valence-electron chi connectivity index (χ0n) is 7.19. The fourth-order valence-electron chi connectivity index (χ4n) is 1.36. The minimum atomic E-state index is -1.37. The summed E-state index contributed by atoms with van der Waals surface area (Å²) in [6.07, 6.45) is 0. The molecule has 1 aromatic carbocycles. The van der Waals surface area contributed by atoms with Gasteiger partial charge in [-0.2, -0.15) is 0 Å². The average molecular weight is 192 g/mol. The molecular weight excluding hydrogens is 183 g/mol. The molecule has 2 N–H and O–H groups in total. The standard InChI is InChI=1S/C9H9BO2S/c1-6-4-7-5-8(10(11)12)2-3-9(7)13-6/h2-5,11-12H,1H3. The van der Waals surface area contributed by atoms with Crippen LogP contribution in [0.3, 0.4) is 0 Å². The fourth-order valence-corrected chi connectivity index (χ4v) is 2.26. The maximum absolute atomic E-state index is 8.95. The highest BCUT2D eigenvalue weighted by Gasteiger charge is 2.11. The lowest BCUT2D eigenvalue weighted by Crippen LogP contribution is -2.29. The Kier molecular flexibility index (Phi) is 2.11. The first-order chi connectivity index (χ1) is 6.16. The molecule has 4 heteroatoms. The van der Waals surface area contributed by atoms with Crippen molar-refractivity contribution in [2.75, 3.05) is 0 Å². The van der Waals surface area contributed by atoms with E-state index < -0.39 is 7.12 Å². The number of fused-ring (bicyclic) bond motifs is 1. The van der Waals surface area contributed by atoms with Crippen LogP contribution < -0.4 is 5.46 Å². The van der Waals surface area contributed by atoms with Crippen LogP contribution in [0.25, 0.3) is 10.1 Å². The lowest BCUT2D eigenvalue weighted by atomic mass is 9.80. The SMILES string of the molecule is Cc1cc2cc(B(O)O)ccc2s1. The van der Waals surface area contributed by atoms with Crippen LogP contribution in [0.4, 0.5) is 0 Å². The van der Waals surface area contributed by atoms with E-state index in [0.717, 1.165) is 5.39 Å². The van der Waals surface area contributed by atoms with Gasteiger partial charge in [0.1, 0.15) is 0 Å². The van der Waals surface area contributed by atoms with Crippen LogP contribution in [0.15, 0.2) is 24.3 Å². The first-order valence-electron chi connectivity index (χ1n) is 4.03. The van der Waals surface area contributed by atoms with E-state index in [1.165, 1.54) is 9.58 Å². The zero-order chi connectivity index (χ0) is 9.42. The van der Waals surface area contributed by atoms with Crippen molar-refractivity contribution in [3.8, 4) is 0 Å². The van der Waals surface area contributed by atoms with E-state index in [4.69, 9.17) is 10.0 Å². The number of rotatable bonds is 1. The molecule has 0 radical (unpaired) electrons. The van der Waals surface area contributed by atoms with Crippen molar-refractivity contribution < 1.29 is 10.0 Å². The van der Waals surface area contributed by atoms with E-state index in [1.54, 1.807) is 17.4 Å². The minimum absolute atomic E-state index is 0.547. The quantitative estimate of drug-likeness (QED) is 0.658. The van der Waals surface area contributed by atoms with Crippen LogP contribution in [-0.2, 0) is 0 Å². The van der Waals surface area contributed by atoms with Gasteiger partial charge in [0, 0.05) is 9.58 Å². The second-order valence-corrected chi connectivity index (χ2v) is 4.32. The Balaban J connectivity index is 2.61. The highest BCUT2D eigenvalue weighted by molar-refractivity contribution is 7.19. The van der Waals surface area contributed by atoms with E-state index in [-0.39, 0.29) is 0 Å². The maximum Gasteiger partial charge on any atom is 0.488 e. The molecule has 0 aliphatic heterocycles. The van der Waals surface area contributed by atoms with Gasteiger partial charge in [-0.05, 0) is 29.9 Å². The van der Waals surface area contributed by atoms with Gasteiger partial charge in [-0.25, -0.2) is 0 Å². The van der Waals surface area contributed by atoms with Gasteiger partial charge >= 0.3 is 7.12 Å². The molecule has 0 saturated carbocycles. The predicted molar refractivity (Wildman–Crippen MR) is 56.4 cm³/mol. The molecule has 1 heterocycles. The summed E-state index contributed by atoms with van der Waals surface area (Å²) >= 11 is 1.71. The summed E-state index contributed by atoms with van der Waals surface area (Å²) in [5.41, 5.74) is 0.547. The Morgan fingerprint density at radius 1 is 1.23 bits per heavy atom. The Morgan fingerprint density at radius 2 is 2.00 bits per heavy atom. The first-order valence-corrected chi connectivity index (χ1v) is 4.85. The molecule has 0 spiro atoms. The number of benzene rings is 1. The Hall–Kier alpha value is -0.835. The van der Waals surface area contributed by atoms with Gasteiger partial charge in [-0.15, -0.1) is 11.3 Å². The molecule has 0 amide bonds. The molecule has 0 fully saturated rings. The van der Waals surface area contributed by atoms with Crippen LogP contribution in [0, 0.1) is 6.92 Å². The van der Waals surface area contributed by atoms with Crippen LogP contribution in [0.2, 0.25) is 0 Å². The number of hydrogen-bond acceptors (Lipinski definition) is 3. The molecule has 2 aromatic rings. The molecule has 0 atom stereocenters. The first kappa shape index (κ1) is 8.75. The monoisotopic (exact) mass is 192 g/mol. The van der Waals surface area contributed by atoms with Crippen LogP contribution in [-0.4, -0.2) is 17.2 Å². The molecule has 1 aromatic heterocycles. The fraction of sp³-hybridized carbons (Fsp3) is 0.111. The average Bonchev–Trinajstić information content (AvgIpc) is 2.42. The number of hydrogen-bond donors (Lipinski definition) is 2. The molecular formula is C9H9BO2S. The highest BCUT2D eigenvalue weighted by Crippen LogP contribution is 2.23. The van der Waals surface area contributed by atoms with Gasteiger partial charge in [0.15, 0.2) is 0 Å². The molecule has 0 aliphatic carbocycles. The minimum Gasteiger partial charge on any atom is -0.423 e. The summed E-state index contributed by atoms with van der Waals surface area (Å²) < 4.78 is 1.18. The molecule has 13 heavy (non-hydrogen) atoms. The van der Waals surface area contributed by atoms with Crippen molar-refractivity contribution in [1.82, 2.24) is 0 Å². The molecule has 0 saturated heterocycles. The van der Waals surface area contributed by atoms with E-state index >= 15 is 0 Å². The van der Waals surface area contributed by atoms with Crippen molar-refractivity contribution in [2.24, 2.45) is 0 Å². The third kappa shape index (κ3) is 1.61. The topological polar surface area (TPSA) is 40.5 Å². The molecule has 2 rings (SSSR count). The van der Waals surface area contributed by atoms with Crippen molar-refractivity contribution in [2.45, 2.75) is 6.92 Å². The van der Waals surface area contributed by atoms with Gasteiger partial charge < -0.3 is 10.0 Å². The molecule has 0 bridgehead atoms. The summed E-state index contributed by atoms with van der Waals surface area (Å²) in [5, 5.41) is 19.0. The maximum atomic E-state index is 8.95. The van der Waals surface area contributed by atoms with Crippen molar-refractivity contribution >= 4 is 34.0 Å². The third-order valence-electron chi connectivity index (χ3n) is 1.96. The lowest BCUT2D eigenvalue weighted by molar-refractivity contribution is 0.426.